The van der Waals surface area contributed by atoms with Crippen LogP contribution in [0, 0.1) is 15.5 Å². The van der Waals surface area contributed by atoms with E-state index in [1.807, 2.05) is 6.92 Å². The molecular formula is C15H22ClN3O4. The first-order valence-corrected chi connectivity index (χ1v) is 7.31. The van der Waals surface area contributed by atoms with E-state index < -0.39 is 4.92 Å². The molecule has 0 saturated carbocycles. The number of halogens is 1. The molecule has 23 heavy (non-hydrogen) atoms. The van der Waals surface area contributed by atoms with E-state index >= 15 is 0 Å². The number of nitro groups is 1. The number of likely N-dealkylation sites (tertiary alicyclic amines) is 1. The number of rotatable bonds is 5. The quantitative estimate of drug-likeness (QED) is 0.652. The number of carbonyl (C=O) groups excluding carboxylic acids is 1. The van der Waals surface area contributed by atoms with Crippen molar-refractivity contribution < 1.29 is 14.5 Å². The molecule has 0 aliphatic carbocycles. The number of hydrogen-bond acceptors (Lipinski definition) is 5. The van der Waals surface area contributed by atoms with Gasteiger partial charge in [0.05, 0.1) is 11.5 Å². The molecule has 1 unspecified atom stereocenters. The van der Waals surface area contributed by atoms with Crippen LogP contribution in [0.5, 0.6) is 5.75 Å². The maximum Gasteiger partial charge on any atom is 0.311 e. The Morgan fingerprint density at radius 1 is 1.52 bits per heavy atom. The summed E-state index contributed by atoms with van der Waals surface area (Å²) in [6.45, 7) is 5.83. The Labute approximate surface area is 141 Å². The lowest BCUT2D eigenvalue weighted by atomic mass is 9.90. The SMILES string of the molecule is CCOc1ccc(C(=O)N2CCC(C)(CN)C2)cc1[N+](=O)[O-].Cl. The van der Waals surface area contributed by atoms with Gasteiger partial charge >= 0.3 is 5.69 Å². The van der Waals surface area contributed by atoms with Crippen LogP contribution >= 0.6 is 12.4 Å². The minimum absolute atomic E-state index is 0. The summed E-state index contributed by atoms with van der Waals surface area (Å²) in [4.78, 5) is 24.8. The van der Waals surface area contributed by atoms with Gasteiger partial charge in [-0.15, -0.1) is 12.4 Å². The predicted molar refractivity (Wildman–Crippen MR) is 89.2 cm³/mol. The molecule has 1 aliphatic rings. The summed E-state index contributed by atoms with van der Waals surface area (Å²) in [7, 11) is 0. The average Bonchev–Trinajstić information content (AvgIpc) is 2.90. The molecule has 2 rings (SSSR count). The van der Waals surface area contributed by atoms with Crippen molar-refractivity contribution in [1.29, 1.82) is 0 Å². The number of benzene rings is 1. The summed E-state index contributed by atoms with van der Waals surface area (Å²) in [6.07, 6.45) is 0.842. The van der Waals surface area contributed by atoms with Crippen LogP contribution in [0.4, 0.5) is 5.69 Å². The fourth-order valence-electron chi connectivity index (χ4n) is 2.62. The fraction of sp³-hybridized carbons (Fsp3) is 0.533. The number of nitro benzene ring substituents is 1. The molecule has 8 heteroatoms. The summed E-state index contributed by atoms with van der Waals surface area (Å²) in [5.74, 6) is -0.0272. The van der Waals surface area contributed by atoms with Gasteiger partial charge in [0.1, 0.15) is 0 Å². The van der Waals surface area contributed by atoms with Gasteiger partial charge in [-0.3, -0.25) is 14.9 Å². The molecule has 0 spiro atoms. The zero-order chi connectivity index (χ0) is 16.3. The lowest BCUT2D eigenvalue weighted by Gasteiger charge is -2.22. The van der Waals surface area contributed by atoms with Gasteiger partial charge in [-0.05, 0) is 37.4 Å². The minimum atomic E-state index is -0.532. The highest BCUT2D eigenvalue weighted by Gasteiger charge is 2.35. The third-order valence-corrected chi connectivity index (χ3v) is 4.04. The van der Waals surface area contributed by atoms with Gasteiger partial charge in [0.2, 0.25) is 0 Å². The topological polar surface area (TPSA) is 98.7 Å². The van der Waals surface area contributed by atoms with Crippen LogP contribution in [0.25, 0.3) is 0 Å². The van der Waals surface area contributed by atoms with Crippen molar-refractivity contribution in [1.82, 2.24) is 4.90 Å². The molecule has 1 aliphatic heterocycles. The van der Waals surface area contributed by atoms with E-state index in [-0.39, 0.29) is 35.2 Å². The number of ether oxygens (including phenoxy) is 1. The minimum Gasteiger partial charge on any atom is -0.487 e. The van der Waals surface area contributed by atoms with E-state index in [1.165, 1.54) is 12.1 Å². The molecule has 0 aromatic heterocycles. The number of nitrogens with two attached hydrogens (primary N) is 1. The summed E-state index contributed by atoms with van der Waals surface area (Å²) < 4.78 is 5.23. The average molecular weight is 344 g/mol. The molecule has 1 amide bonds. The first kappa shape index (κ1) is 19.2. The normalized spacial score (nSPS) is 20.0. The van der Waals surface area contributed by atoms with Gasteiger partial charge in [0, 0.05) is 24.7 Å². The Balaban J connectivity index is 0.00000264. The van der Waals surface area contributed by atoms with Crippen molar-refractivity contribution in [2.75, 3.05) is 26.2 Å². The smallest absolute Gasteiger partial charge is 0.311 e. The number of amides is 1. The molecule has 7 nitrogen and oxygen atoms in total. The van der Waals surface area contributed by atoms with Crippen molar-refractivity contribution in [3.63, 3.8) is 0 Å². The number of carbonyl (C=O) groups is 1. The molecule has 0 bridgehead atoms. The Bertz CT molecular complexity index is 596. The van der Waals surface area contributed by atoms with E-state index in [1.54, 1.807) is 17.9 Å². The van der Waals surface area contributed by atoms with Crippen molar-refractivity contribution in [2.45, 2.75) is 20.3 Å². The van der Waals surface area contributed by atoms with Gasteiger partial charge in [0.15, 0.2) is 5.75 Å². The molecular weight excluding hydrogens is 322 g/mol. The molecule has 2 N–H and O–H groups in total. The van der Waals surface area contributed by atoms with E-state index in [4.69, 9.17) is 10.5 Å². The standard InChI is InChI=1S/C15H21N3O4.ClH/c1-3-22-13-5-4-11(8-12(13)18(20)21)14(19)17-7-6-15(2,9-16)10-17;/h4-5,8H,3,6-7,9-10,16H2,1-2H3;1H. The van der Waals surface area contributed by atoms with E-state index in [0.717, 1.165) is 6.42 Å². The molecule has 1 aromatic carbocycles. The highest BCUT2D eigenvalue weighted by Crippen LogP contribution is 2.32. The zero-order valence-corrected chi connectivity index (χ0v) is 14.1. The van der Waals surface area contributed by atoms with Crippen molar-refractivity contribution in [2.24, 2.45) is 11.1 Å². The van der Waals surface area contributed by atoms with Crippen LogP contribution < -0.4 is 10.5 Å². The second kappa shape index (κ2) is 7.61. The van der Waals surface area contributed by atoms with Gasteiger partial charge in [0.25, 0.3) is 5.91 Å². The second-order valence-electron chi connectivity index (χ2n) is 5.86. The summed E-state index contributed by atoms with van der Waals surface area (Å²) in [5, 5.41) is 11.1. The molecule has 1 atom stereocenters. The van der Waals surface area contributed by atoms with Crippen LogP contribution in [-0.2, 0) is 0 Å². The first-order valence-electron chi connectivity index (χ1n) is 7.31. The Hall–Kier alpha value is -1.86. The largest absolute Gasteiger partial charge is 0.487 e. The number of nitrogens with zero attached hydrogens (tertiary/aromatic N) is 2. The molecule has 1 heterocycles. The monoisotopic (exact) mass is 343 g/mol. The fourth-order valence-corrected chi connectivity index (χ4v) is 2.62. The van der Waals surface area contributed by atoms with Crippen LogP contribution in [0.3, 0.4) is 0 Å². The van der Waals surface area contributed by atoms with Crippen molar-refractivity contribution >= 4 is 24.0 Å². The maximum absolute atomic E-state index is 12.5. The van der Waals surface area contributed by atoms with Crippen LogP contribution in [0.2, 0.25) is 0 Å². The van der Waals surface area contributed by atoms with Crippen LogP contribution in [-0.4, -0.2) is 42.0 Å². The summed E-state index contributed by atoms with van der Waals surface area (Å²) in [6, 6.07) is 4.33. The van der Waals surface area contributed by atoms with Crippen LogP contribution in [0.1, 0.15) is 30.6 Å². The van der Waals surface area contributed by atoms with E-state index in [9.17, 15) is 14.9 Å². The summed E-state index contributed by atoms with van der Waals surface area (Å²) in [5.41, 5.74) is 5.78. The predicted octanol–water partition coefficient (Wildman–Crippen LogP) is 2.23. The molecule has 1 fully saturated rings. The van der Waals surface area contributed by atoms with Gasteiger partial charge in [-0.2, -0.15) is 0 Å². The molecule has 1 saturated heterocycles. The Kier molecular flexibility index (Phi) is 6.35. The molecule has 0 radical (unpaired) electrons. The maximum atomic E-state index is 12.5. The Morgan fingerprint density at radius 2 is 2.22 bits per heavy atom. The van der Waals surface area contributed by atoms with E-state index in [0.29, 0.717) is 31.8 Å². The van der Waals surface area contributed by atoms with Gasteiger partial charge in [-0.25, -0.2) is 0 Å². The highest BCUT2D eigenvalue weighted by molar-refractivity contribution is 5.95. The number of hydrogen-bond donors (Lipinski definition) is 1. The molecule has 128 valence electrons. The summed E-state index contributed by atoms with van der Waals surface area (Å²) >= 11 is 0. The third kappa shape index (κ3) is 4.11. The first-order chi connectivity index (χ1) is 10.4. The third-order valence-electron chi connectivity index (χ3n) is 4.04. The van der Waals surface area contributed by atoms with Gasteiger partial charge < -0.3 is 15.4 Å². The van der Waals surface area contributed by atoms with Crippen molar-refractivity contribution in [3.05, 3.63) is 33.9 Å². The lowest BCUT2D eigenvalue weighted by molar-refractivity contribution is -0.385. The highest BCUT2D eigenvalue weighted by atomic mass is 35.5. The van der Waals surface area contributed by atoms with Crippen molar-refractivity contribution in [3.8, 4) is 5.75 Å². The van der Waals surface area contributed by atoms with Crippen LogP contribution in [0.15, 0.2) is 18.2 Å². The van der Waals surface area contributed by atoms with Gasteiger partial charge in [-0.1, -0.05) is 6.92 Å². The lowest BCUT2D eigenvalue weighted by Crippen LogP contribution is -2.34. The second-order valence-corrected chi connectivity index (χ2v) is 5.86. The molecule has 1 aromatic rings. The zero-order valence-electron chi connectivity index (χ0n) is 13.3. The Morgan fingerprint density at radius 3 is 2.74 bits per heavy atom. The van der Waals surface area contributed by atoms with E-state index in [2.05, 4.69) is 0 Å².